The molecule has 0 aliphatic carbocycles. The zero-order chi connectivity index (χ0) is 21.0. The summed E-state index contributed by atoms with van der Waals surface area (Å²) in [6.45, 7) is 0. The molecule has 0 amide bonds. The lowest BCUT2D eigenvalue weighted by Crippen LogP contribution is -2.22. The molecule has 0 saturated heterocycles. The first-order valence-electron chi connectivity index (χ1n) is 8.56. The Labute approximate surface area is 173 Å². The molecule has 152 valence electrons. The van der Waals surface area contributed by atoms with Crippen molar-refractivity contribution in [2.75, 3.05) is 27.0 Å². The Balaban J connectivity index is 1.69. The summed E-state index contributed by atoms with van der Waals surface area (Å²) in [6.07, 6.45) is 1.58. The van der Waals surface area contributed by atoms with Crippen molar-refractivity contribution in [2.24, 2.45) is 0 Å². The van der Waals surface area contributed by atoms with E-state index in [1.807, 2.05) is 24.3 Å². The van der Waals surface area contributed by atoms with E-state index in [0.29, 0.717) is 10.7 Å². The van der Waals surface area contributed by atoms with Crippen molar-refractivity contribution in [3.63, 3.8) is 0 Å². The molecule has 0 bridgehead atoms. The molecule has 0 spiro atoms. The van der Waals surface area contributed by atoms with Gasteiger partial charge in [-0.1, -0.05) is 23.9 Å². The van der Waals surface area contributed by atoms with E-state index < -0.39 is 10.0 Å². The lowest BCUT2D eigenvalue weighted by Gasteiger charge is -2.11. The number of carbonyl (C=O) groups is 1. The van der Waals surface area contributed by atoms with Crippen LogP contribution in [0, 0.1) is 0 Å². The number of benzene rings is 2. The van der Waals surface area contributed by atoms with Gasteiger partial charge >= 0.3 is 0 Å². The first-order valence-corrected chi connectivity index (χ1v) is 11.0. The maximum atomic E-state index is 12.5. The number of sulfonamides is 1. The predicted molar refractivity (Wildman–Crippen MR) is 110 cm³/mol. The minimum Gasteiger partial charge on any atom is -0.497 e. The van der Waals surface area contributed by atoms with E-state index in [4.69, 9.17) is 4.74 Å². The van der Waals surface area contributed by atoms with Gasteiger partial charge in [0.05, 0.1) is 17.8 Å². The molecule has 1 aromatic heterocycles. The van der Waals surface area contributed by atoms with Crippen LogP contribution in [0.5, 0.6) is 5.75 Å². The van der Waals surface area contributed by atoms with Gasteiger partial charge in [-0.25, -0.2) is 12.7 Å². The summed E-state index contributed by atoms with van der Waals surface area (Å²) in [5.41, 5.74) is 1.29. The third kappa shape index (κ3) is 4.66. The molecule has 8 nitrogen and oxygen atoms in total. The highest BCUT2D eigenvalue weighted by Crippen LogP contribution is 2.23. The Bertz CT molecular complexity index is 1090. The number of carbonyl (C=O) groups excluding carboxylic acids is 1. The monoisotopic (exact) mass is 432 g/mol. The summed E-state index contributed by atoms with van der Waals surface area (Å²) in [4.78, 5) is 12.7. The average Bonchev–Trinajstić information content (AvgIpc) is 3.20. The minimum absolute atomic E-state index is 0.131. The molecular weight excluding hydrogens is 412 g/mol. The number of rotatable bonds is 8. The first kappa shape index (κ1) is 21.0. The molecule has 0 aliphatic heterocycles. The molecule has 2 aromatic carbocycles. The topological polar surface area (TPSA) is 94.4 Å². The van der Waals surface area contributed by atoms with E-state index in [9.17, 15) is 13.2 Å². The predicted octanol–water partition coefficient (Wildman–Crippen LogP) is 2.50. The molecule has 0 N–H and O–H groups in total. The van der Waals surface area contributed by atoms with Crippen molar-refractivity contribution >= 4 is 27.6 Å². The number of hydrogen-bond acceptors (Lipinski definition) is 7. The minimum atomic E-state index is -3.52. The molecule has 1 heterocycles. The van der Waals surface area contributed by atoms with E-state index in [1.54, 1.807) is 18.0 Å². The Morgan fingerprint density at radius 1 is 1.10 bits per heavy atom. The molecule has 3 rings (SSSR count). The summed E-state index contributed by atoms with van der Waals surface area (Å²) < 4.78 is 32.3. The van der Waals surface area contributed by atoms with Gasteiger partial charge in [0.25, 0.3) is 0 Å². The average molecular weight is 433 g/mol. The molecule has 0 unspecified atom stereocenters. The maximum Gasteiger partial charge on any atom is 0.242 e. The smallest absolute Gasteiger partial charge is 0.242 e. The van der Waals surface area contributed by atoms with E-state index in [0.717, 1.165) is 15.7 Å². The fraction of sp³-hybridized carbons (Fsp3) is 0.211. The molecular formula is C19H20N4O4S2. The Hall–Kier alpha value is -2.69. The highest BCUT2D eigenvalue weighted by molar-refractivity contribution is 7.99. The van der Waals surface area contributed by atoms with Crippen molar-refractivity contribution in [1.82, 2.24) is 19.1 Å². The molecule has 0 aliphatic rings. The number of ether oxygens (including phenoxy) is 1. The lowest BCUT2D eigenvalue weighted by atomic mass is 10.1. The quantitative estimate of drug-likeness (QED) is 0.399. The van der Waals surface area contributed by atoms with E-state index >= 15 is 0 Å². The highest BCUT2D eigenvalue weighted by atomic mass is 32.2. The van der Waals surface area contributed by atoms with E-state index in [2.05, 4.69) is 10.2 Å². The van der Waals surface area contributed by atoms with Gasteiger partial charge in [-0.2, -0.15) is 0 Å². The Morgan fingerprint density at radius 2 is 1.76 bits per heavy atom. The van der Waals surface area contributed by atoms with Crippen LogP contribution in [0.2, 0.25) is 0 Å². The van der Waals surface area contributed by atoms with Crippen LogP contribution in [0.25, 0.3) is 5.69 Å². The van der Waals surface area contributed by atoms with Crippen LogP contribution < -0.4 is 4.74 Å². The number of nitrogens with zero attached hydrogens (tertiary/aromatic N) is 4. The number of ketones is 1. The SMILES string of the molecule is COc1ccc(-n2cnnc2SCC(=O)c2ccc(S(=O)(=O)N(C)C)cc2)cc1. The van der Waals surface area contributed by atoms with Crippen molar-refractivity contribution in [3.8, 4) is 11.4 Å². The molecule has 0 radical (unpaired) electrons. The van der Waals surface area contributed by atoms with Gasteiger partial charge < -0.3 is 4.74 Å². The molecule has 29 heavy (non-hydrogen) atoms. The summed E-state index contributed by atoms with van der Waals surface area (Å²) in [5.74, 6) is 0.758. The van der Waals surface area contributed by atoms with Crippen molar-refractivity contribution in [1.29, 1.82) is 0 Å². The van der Waals surface area contributed by atoms with Crippen LogP contribution in [-0.2, 0) is 10.0 Å². The second-order valence-corrected chi connectivity index (χ2v) is 9.30. The van der Waals surface area contributed by atoms with E-state index in [1.165, 1.54) is 50.1 Å². The number of methoxy groups -OCH3 is 1. The first-order chi connectivity index (χ1) is 13.8. The lowest BCUT2D eigenvalue weighted by molar-refractivity contribution is 0.102. The highest BCUT2D eigenvalue weighted by Gasteiger charge is 2.18. The van der Waals surface area contributed by atoms with Crippen LogP contribution in [0.1, 0.15) is 10.4 Å². The van der Waals surface area contributed by atoms with Gasteiger partial charge in [0.2, 0.25) is 10.0 Å². The van der Waals surface area contributed by atoms with Gasteiger partial charge in [0.15, 0.2) is 10.9 Å². The number of Topliss-reactive ketones (excluding diaryl/α,β-unsaturated/α-hetero) is 1. The standard InChI is InChI=1S/C19H20N4O4S2/c1-22(2)29(25,26)17-10-4-14(5-11-17)18(24)12-28-19-21-20-13-23(19)15-6-8-16(27-3)9-7-15/h4-11,13H,12H2,1-3H3. The largest absolute Gasteiger partial charge is 0.497 e. The Kier molecular flexibility index (Phi) is 6.36. The maximum absolute atomic E-state index is 12.5. The molecule has 0 saturated carbocycles. The van der Waals surface area contributed by atoms with Crippen LogP contribution in [0.4, 0.5) is 0 Å². The molecule has 0 atom stereocenters. The van der Waals surface area contributed by atoms with Crippen LogP contribution in [0.3, 0.4) is 0 Å². The van der Waals surface area contributed by atoms with Crippen LogP contribution >= 0.6 is 11.8 Å². The fourth-order valence-corrected chi connectivity index (χ4v) is 4.20. The molecule has 0 fully saturated rings. The van der Waals surface area contributed by atoms with E-state index in [-0.39, 0.29) is 16.4 Å². The van der Waals surface area contributed by atoms with Gasteiger partial charge in [0, 0.05) is 25.3 Å². The van der Waals surface area contributed by atoms with Gasteiger partial charge in [0.1, 0.15) is 12.1 Å². The van der Waals surface area contributed by atoms with Gasteiger partial charge in [-0.15, -0.1) is 10.2 Å². The number of hydrogen-bond donors (Lipinski definition) is 0. The van der Waals surface area contributed by atoms with Crippen LogP contribution in [0.15, 0.2) is 64.9 Å². The fourth-order valence-electron chi connectivity index (χ4n) is 2.48. The van der Waals surface area contributed by atoms with Crippen LogP contribution in [-0.4, -0.2) is 60.2 Å². The summed E-state index contributed by atoms with van der Waals surface area (Å²) in [7, 11) is 1.00. The number of thioether (sulfide) groups is 1. The van der Waals surface area contributed by atoms with Gasteiger partial charge in [-0.3, -0.25) is 9.36 Å². The van der Waals surface area contributed by atoms with Crippen molar-refractivity contribution in [3.05, 3.63) is 60.4 Å². The third-order valence-electron chi connectivity index (χ3n) is 4.15. The number of aromatic nitrogens is 3. The summed E-state index contributed by atoms with van der Waals surface area (Å²) in [5, 5.41) is 8.58. The second kappa shape index (κ2) is 8.76. The molecule has 3 aromatic rings. The van der Waals surface area contributed by atoms with Gasteiger partial charge in [-0.05, 0) is 36.4 Å². The normalized spacial score (nSPS) is 11.6. The Morgan fingerprint density at radius 3 is 2.34 bits per heavy atom. The zero-order valence-electron chi connectivity index (χ0n) is 16.1. The second-order valence-electron chi connectivity index (χ2n) is 6.21. The summed E-state index contributed by atoms with van der Waals surface area (Å²) in [6, 6.07) is 13.3. The summed E-state index contributed by atoms with van der Waals surface area (Å²) >= 11 is 1.26. The molecule has 10 heteroatoms. The zero-order valence-corrected chi connectivity index (χ0v) is 17.8. The van der Waals surface area contributed by atoms with Crippen molar-refractivity contribution < 1.29 is 17.9 Å². The third-order valence-corrected chi connectivity index (χ3v) is 6.93. The van der Waals surface area contributed by atoms with Crippen molar-refractivity contribution in [2.45, 2.75) is 10.1 Å².